The van der Waals surface area contributed by atoms with E-state index in [2.05, 4.69) is 0 Å². The molecule has 0 N–H and O–H groups in total. The van der Waals surface area contributed by atoms with Gasteiger partial charge in [-0.3, -0.25) is 9.59 Å². The standard InChI is InChI=1S/C7H9ClO2/c1-4(9)6(8)7(10)5-2-3-5/h5-6H,2-3H2,1H3/t6-/m1/s1. The van der Waals surface area contributed by atoms with E-state index in [-0.39, 0.29) is 17.5 Å². The van der Waals surface area contributed by atoms with Crippen molar-refractivity contribution < 1.29 is 9.59 Å². The number of carbonyl (C=O) groups is 2. The average molecular weight is 161 g/mol. The summed E-state index contributed by atoms with van der Waals surface area (Å²) in [5.41, 5.74) is 0. The lowest BCUT2D eigenvalue weighted by molar-refractivity contribution is -0.126. The molecule has 1 aliphatic carbocycles. The monoisotopic (exact) mass is 160 g/mol. The van der Waals surface area contributed by atoms with Crippen molar-refractivity contribution in [3.8, 4) is 0 Å². The van der Waals surface area contributed by atoms with Crippen molar-refractivity contribution in [2.45, 2.75) is 25.1 Å². The molecule has 1 rings (SSSR count). The Hall–Kier alpha value is -0.370. The molecule has 1 aliphatic rings. The molecule has 0 radical (unpaired) electrons. The van der Waals surface area contributed by atoms with Crippen LogP contribution in [0.5, 0.6) is 0 Å². The highest BCUT2D eigenvalue weighted by molar-refractivity contribution is 6.42. The number of hydrogen-bond donors (Lipinski definition) is 0. The quantitative estimate of drug-likeness (QED) is 0.459. The maximum Gasteiger partial charge on any atom is 0.161 e. The Morgan fingerprint density at radius 3 is 2.30 bits per heavy atom. The number of halogens is 1. The third-order valence-electron chi connectivity index (χ3n) is 1.59. The fourth-order valence-electron chi connectivity index (χ4n) is 0.775. The summed E-state index contributed by atoms with van der Waals surface area (Å²) in [6.07, 6.45) is 1.82. The maximum atomic E-state index is 11.0. The van der Waals surface area contributed by atoms with Crippen LogP contribution in [0.3, 0.4) is 0 Å². The zero-order chi connectivity index (χ0) is 7.72. The Labute approximate surface area is 64.5 Å². The molecule has 0 bridgehead atoms. The summed E-state index contributed by atoms with van der Waals surface area (Å²) in [4.78, 5) is 21.6. The van der Waals surface area contributed by atoms with E-state index in [0.29, 0.717) is 0 Å². The highest BCUT2D eigenvalue weighted by atomic mass is 35.5. The Balaban J connectivity index is 2.46. The van der Waals surface area contributed by atoms with Crippen LogP contribution in [0.25, 0.3) is 0 Å². The second kappa shape index (κ2) is 2.70. The highest BCUT2D eigenvalue weighted by Crippen LogP contribution is 2.32. The van der Waals surface area contributed by atoms with Crippen LogP contribution in [0.15, 0.2) is 0 Å². The van der Waals surface area contributed by atoms with Gasteiger partial charge in [-0.1, -0.05) is 0 Å². The molecule has 10 heavy (non-hydrogen) atoms. The first-order valence-corrected chi connectivity index (χ1v) is 3.75. The van der Waals surface area contributed by atoms with Crippen LogP contribution in [0.2, 0.25) is 0 Å². The van der Waals surface area contributed by atoms with Crippen molar-refractivity contribution >= 4 is 23.2 Å². The van der Waals surface area contributed by atoms with Crippen LogP contribution in [0.1, 0.15) is 19.8 Å². The van der Waals surface area contributed by atoms with Gasteiger partial charge in [0.25, 0.3) is 0 Å². The van der Waals surface area contributed by atoms with Crippen molar-refractivity contribution in [3.63, 3.8) is 0 Å². The van der Waals surface area contributed by atoms with Crippen LogP contribution in [0.4, 0.5) is 0 Å². The molecular formula is C7H9ClO2. The van der Waals surface area contributed by atoms with Crippen LogP contribution < -0.4 is 0 Å². The summed E-state index contributed by atoms with van der Waals surface area (Å²) < 4.78 is 0. The predicted octanol–water partition coefficient (Wildman–Crippen LogP) is 1.16. The second-order valence-corrected chi connectivity index (χ2v) is 3.09. The molecule has 2 nitrogen and oxygen atoms in total. The number of carbonyl (C=O) groups excluding carboxylic acids is 2. The van der Waals surface area contributed by atoms with Gasteiger partial charge in [0, 0.05) is 5.92 Å². The largest absolute Gasteiger partial charge is 0.298 e. The van der Waals surface area contributed by atoms with Crippen LogP contribution in [0, 0.1) is 5.92 Å². The summed E-state index contributed by atoms with van der Waals surface area (Å²) in [7, 11) is 0. The first-order valence-electron chi connectivity index (χ1n) is 3.31. The molecule has 0 heterocycles. The van der Waals surface area contributed by atoms with Gasteiger partial charge in [-0.05, 0) is 19.8 Å². The number of hydrogen-bond acceptors (Lipinski definition) is 2. The van der Waals surface area contributed by atoms with Gasteiger partial charge in [-0.15, -0.1) is 11.6 Å². The third kappa shape index (κ3) is 1.57. The molecule has 0 aromatic rings. The van der Waals surface area contributed by atoms with Gasteiger partial charge in [-0.25, -0.2) is 0 Å². The van der Waals surface area contributed by atoms with E-state index in [0.717, 1.165) is 12.8 Å². The fraction of sp³-hybridized carbons (Fsp3) is 0.714. The van der Waals surface area contributed by atoms with Crippen molar-refractivity contribution in [2.24, 2.45) is 5.92 Å². The third-order valence-corrected chi connectivity index (χ3v) is 2.11. The van der Waals surface area contributed by atoms with Gasteiger partial charge in [0.2, 0.25) is 0 Å². The van der Waals surface area contributed by atoms with Crippen LogP contribution >= 0.6 is 11.6 Å². The minimum Gasteiger partial charge on any atom is -0.298 e. The van der Waals surface area contributed by atoms with E-state index in [1.54, 1.807) is 0 Å². The number of rotatable bonds is 3. The van der Waals surface area contributed by atoms with E-state index in [4.69, 9.17) is 11.6 Å². The average Bonchev–Trinajstić information content (AvgIpc) is 2.65. The van der Waals surface area contributed by atoms with Gasteiger partial charge in [0.1, 0.15) is 0 Å². The van der Waals surface area contributed by atoms with E-state index in [1.807, 2.05) is 0 Å². The minimum absolute atomic E-state index is 0.0887. The fourth-order valence-corrected chi connectivity index (χ4v) is 0.953. The van der Waals surface area contributed by atoms with E-state index >= 15 is 0 Å². The number of Topliss-reactive ketones (excluding diaryl/α,β-unsaturated/α-hetero) is 2. The molecule has 3 heteroatoms. The zero-order valence-electron chi connectivity index (χ0n) is 5.76. The summed E-state index contributed by atoms with van der Waals surface area (Å²) in [5, 5.41) is -0.882. The predicted molar refractivity (Wildman–Crippen MR) is 38.1 cm³/mol. The van der Waals surface area contributed by atoms with Crippen molar-refractivity contribution in [1.29, 1.82) is 0 Å². The van der Waals surface area contributed by atoms with E-state index < -0.39 is 5.38 Å². The Kier molecular flexibility index (Phi) is 2.09. The van der Waals surface area contributed by atoms with Crippen molar-refractivity contribution in [2.75, 3.05) is 0 Å². The zero-order valence-corrected chi connectivity index (χ0v) is 6.52. The van der Waals surface area contributed by atoms with Crippen molar-refractivity contribution in [3.05, 3.63) is 0 Å². The molecule has 56 valence electrons. The summed E-state index contributed by atoms with van der Waals surface area (Å²) in [5.74, 6) is -0.237. The lowest BCUT2D eigenvalue weighted by Crippen LogP contribution is -2.23. The second-order valence-electron chi connectivity index (χ2n) is 2.65. The van der Waals surface area contributed by atoms with Gasteiger partial charge in [0.05, 0.1) is 0 Å². The van der Waals surface area contributed by atoms with Gasteiger partial charge < -0.3 is 0 Å². The first-order chi connectivity index (χ1) is 4.63. The Morgan fingerprint density at radius 2 is 2.00 bits per heavy atom. The minimum atomic E-state index is -0.882. The molecule has 1 fully saturated rings. The van der Waals surface area contributed by atoms with Crippen LogP contribution in [-0.2, 0) is 9.59 Å². The van der Waals surface area contributed by atoms with Gasteiger partial charge in [-0.2, -0.15) is 0 Å². The van der Waals surface area contributed by atoms with E-state index in [9.17, 15) is 9.59 Å². The SMILES string of the molecule is CC(=O)[C@@H](Cl)C(=O)C1CC1. The number of alkyl halides is 1. The lowest BCUT2D eigenvalue weighted by Gasteiger charge is -2.00. The van der Waals surface area contributed by atoms with Crippen LogP contribution in [-0.4, -0.2) is 16.9 Å². The lowest BCUT2D eigenvalue weighted by atomic mass is 10.1. The molecule has 1 saturated carbocycles. The molecule has 0 aromatic heterocycles. The molecule has 0 unspecified atom stereocenters. The summed E-state index contributed by atoms with van der Waals surface area (Å²) >= 11 is 5.50. The van der Waals surface area contributed by atoms with Gasteiger partial charge >= 0.3 is 0 Å². The number of ketones is 2. The first kappa shape index (κ1) is 7.73. The molecule has 0 aromatic carbocycles. The normalized spacial score (nSPS) is 20.2. The molecule has 0 saturated heterocycles. The van der Waals surface area contributed by atoms with Gasteiger partial charge in [0.15, 0.2) is 16.9 Å². The van der Waals surface area contributed by atoms with Crippen molar-refractivity contribution in [1.82, 2.24) is 0 Å². The highest BCUT2D eigenvalue weighted by Gasteiger charge is 2.35. The molecule has 0 aliphatic heterocycles. The smallest absolute Gasteiger partial charge is 0.161 e. The Bertz CT molecular complexity index is 172. The topological polar surface area (TPSA) is 34.1 Å². The molecule has 0 amide bonds. The van der Waals surface area contributed by atoms with E-state index in [1.165, 1.54) is 6.92 Å². The Morgan fingerprint density at radius 1 is 1.50 bits per heavy atom. The summed E-state index contributed by atoms with van der Waals surface area (Å²) in [6, 6.07) is 0. The molecule has 0 spiro atoms. The molecule has 1 atom stereocenters. The maximum absolute atomic E-state index is 11.0. The molecular weight excluding hydrogens is 152 g/mol. The summed E-state index contributed by atoms with van der Waals surface area (Å²) in [6.45, 7) is 1.35.